The van der Waals surface area contributed by atoms with Gasteiger partial charge in [0, 0.05) is 25.4 Å². The van der Waals surface area contributed by atoms with Crippen molar-refractivity contribution in [3.05, 3.63) is 12.3 Å². The first kappa shape index (κ1) is 13.6. The summed E-state index contributed by atoms with van der Waals surface area (Å²) in [5.74, 6) is 0.439. The molecule has 1 aromatic heterocycles. The second-order valence-corrected chi connectivity index (χ2v) is 4.98. The standard InChI is InChI=1S/C13H19N3O3/c1-3-19-10-4-7-14-12(15-10)16-8-5-13(2,6-9-16)11(17)18/h4,7H,3,5-6,8-9H2,1-2H3,(H,17,18). The fourth-order valence-corrected chi connectivity index (χ4v) is 2.13. The zero-order valence-corrected chi connectivity index (χ0v) is 11.3. The molecule has 1 N–H and O–H groups in total. The molecule has 1 aliphatic heterocycles. The molecule has 1 aromatic rings. The van der Waals surface area contributed by atoms with Crippen LogP contribution in [0.15, 0.2) is 12.3 Å². The van der Waals surface area contributed by atoms with Crippen LogP contribution in [0.3, 0.4) is 0 Å². The number of nitrogens with zero attached hydrogens (tertiary/aromatic N) is 3. The Hall–Kier alpha value is -1.85. The van der Waals surface area contributed by atoms with E-state index in [-0.39, 0.29) is 0 Å². The number of carboxylic acids is 1. The normalized spacial score (nSPS) is 18.1. The Balaban J connectivity index is 2.05. The van der Waals surface area contributed by atoms with Gasteiger partial charge in [-0.15, -0.1) is 0 Å². The van der Waals surface area contributed by atoms with Crippen LogP contribution in [-0.2, 0) is 4.79 Å². The zero-order chi connectivity index (χ0) is 13.9. The molecule has 104 valence electrons. The van der Waals surface area contributed by atoms with Gasteiger partial charge in [-0.05, 0) is 26.7 Å². The van der Waals surface area contributed by atoms with Gasteiger partial charge < -0.3 is 14.7 Å². The summed E-state index contributed by atoms with van der Waals surface area (Å²) < 4.78 is 5.34. The molecule has 1 fully saturated rings. The van der Waals surface area contributed by atoms with Crippen LogP contribution in [0.5, 0.6) is 5.88 Å². The molecule has 0 bridgehead atoms. The monoisotopic (exact) mass is 265 g/mol. The van der Waals surface area contributed by atoms with Gasteiger partial charge >= 0.3 is 5.97 Å². The molecule has 2 heterocycles. The van der Waals surface area contributed by atoms with Crippen molar-refractivity contribution >= 4 is 11.9 Å². The van der Waals surface area contributed by atoms with E-state index >= 15 is 0 Å². The van der Waals surface area contributed by atoms with Crippen molar-refractivity contribution < 1.29 is 14.6 Å². The van der Waals surface area contributed by atoms with Gasteiger partial charge in [0.15, 0.2) is 0 Å². The average Bonchev–Trinajstić information content (AvgIpc) is 2.40. The summed E-state index contributed by atoms with van der Waals surface area (Å²) in [5, 5.41) is 9.20. The molecule has 1 aliphatic rings. The van der Waals surface area contributed by atoms with E-state index in [0.29, 0.717) is 44.4 Å². The summed E-state index contributed by atoms with van der Waals surface area (Å²) in [6.07, 6.45) is 2.87. The summed E-state index contributed by atoms with van der Waals surface area (Å²) in [4.78, 5) is 21.7. The maximum Gasteiger partial charge on any atom is 0.309 e. The molecule has 19 heavy (non-hydrogen) atoms. The minimum atomic E-state index is -0.726. The Morgan fingerprint density at radius 2 is 2.21 bits per heavy atom. The lowest BCUT2D eigenvalue weighted by Gasteiger charge is -2.36. The second-order valence-electron chi connectivity index (χ2n) is 4.98. The zero-order valence-electron chi connectivity index (χ0n) is 11.3. The number of hydrogen-bond donors (Lipinski definition) is 1. The Labute approximate surface area is 112 Å². The highest BCUT2D eigenvalue weighted by atomic mass is 16.5. The van der Waals surface area contributed by atoms with Gasteiger partial charge in [0.1, 0.15) is 0 Å². The van der Waals surface area contributed by atoms with Crippen LogP contribution in [0.1, 0.15) is 26.7 Å². The van der Waals surface area contributed by atoms with Gasteiger partial charge in [-0.1, -0.05) is 0 Å². The Bertz CT molecular complexity index is 456. The van der Waals surface area contributed by atoms with Crippen LogP contribution in [0.25, 0.3) is 0 Å². The number of piperidine rings is 1. The van der Waals surface area contributed by atoms with E-state index < -0.39 is 11.4 Å². The van der Waals surface area contributed by atoms with Crippen LogP contribution < -0.4 is 9.64 Å². The largest absolute Gasteiger partial charge is 0.481 e. The summed E-state index contributed by atoms with van der Waals surface area (Å²) in [7, 11) is 0. The molecule has 0 amide bonds. The Morgan fingerprint density at radius 1 is 1.53 bits per heavy atom. The number of carboxylic acid groups (broad SMARTS) is 1. The number of ether oxygens (including phenoxy) is 1. The van der Waals surface area contributed by atoms with Crippen LogP contribution in [0.2, 0.25) is 0 Å². The molecule has 0 atom stereocenters. The minimum Gasteiger partial charge on any atom is -0.481 e. The maximum absolute atomic E-state index is 11.2. The quantitative estimate of drug-likeness (QED) is 0.890. The summed E-state index contributed by atoms with van der Waals surface area (Å²) in [6.45, 7) is 5.56. The van der Waals surface area contributed by atoms with Gasteiger partial charge in [0.2, 0.25) is 11.8 Å². The molecular weight excluding hydrogens is 246 g/mol. The van der Waals surface area contributed by atoms with Crippen molar-refractivity contribution in [1.82, 2.24) is 9.97 Å². The molecule has 0 aromatic carbocycles. The van der Waals surface area contributed by atoms with Crippen molar-refractivity contribution in [1.29, 1.82) is 0 Å². The van der Waals surface area contributed by atoms with Gasteiger partial charge in [-0.25, -0.2) is 4.98 Å². The van der Waals surface area contributed by atoms with E-state index in [9.17, 15) is 9.90 Å². The predicted octanol–water partition coefficient (Wildman–Crippen LogP) is 1.57. The highest BCUT2D eigenvalue weighted by Gasteiger charge is 2.37. The van der Waals surface area contributed by atoms with Crippen LogP contribution in [-0.4, -0.2) is 40.7 Å². The van der Waals surface area contributed by atoms with Crippen LogP contribution in [0.4, 0.5) is 5.95 Å². The number of rotatable bonds is 4. The molecule has 2 rings (SSSR count). The van der Waals surface area contributed by atoms with E-state index in [4.69, 9.17) is 4.74 Å². The lowest BCUT2D eigenvalue weighted by atomic mass is 9.80. The SMILES string of the molecule is CCOc1ccnc(N2CCC(C)(C(=O)O)CC2)n1. The van der Waals surface area contributed by atoms with Crippen molar-refractivity contribution in [3.8, 4) is 5.88 Å². The van der Waals surface area contributed by atoms with Crippen molar-refractivity contribution in [2.45, 2.75) is 26.7 Å². The van der Waals surface area contributed by atoms with E-state index in [0.717, 1.165) is 0 Å². The van der Waals surface area contributed by atoms with E-state index in [1.807, 2.05) is 11.8 Å². The lowest BCUT2D eigenvalue weighted by molar-refractivity contribution is -0.149. The molecule has 1 saturated heterocycles. The van der Waals surface area contributed by atoms with Gasteiger partial charge in [0.05, 0.1) is 12.0 Å². The molecule has 6 nitrogen and oxygen atoms in total. The maximum atomic E-state index is 11.2. The third-order valence-electron chi connectivity index (χ3n) is 3.58. The molecule has 6 heteroatoms. The average molecular weight is 265 g/mol. The van der Waals surface area contributed by atoms with Crippen molar-refractivity contribution in [3.63, 3.8) is 0 Å². The van der Waals surface area contributed by atoms with Crippen LogP contribution >= 0.6 is 0 Å². The lowest BCUT2D eigenvalue weighted by Crippen LogP contribution is -2.43. The van der Waals surface area contributed by atoms with Crippen molar-refractivity contribution in [2.75, 3.05) is 24.6 Å². The van der Waals surface area contributed by atoms with Crippen LogP contribution in [0, 0.1) is 5.41 Å². The van der Waals surface area contributed by atoms with Gasteiger partial charge in [0.25, 0.3) is 0 Å². The first-order chi connectivity index (χ1) is 9.05. The highest BCUT2D eigenvalue weighted by molar-refractivity contribution is 5.74. The molecule has 0 spiro atoms. The second kappa shape index (κ2) is 5.42. The fraction of sp³-hybridized carbons (Fsp3) is 0.615. The summed E-state index contributed by atoms with van der Waals surface area (Å²) >= 11 is 0. The van der Waals surface area contributed by atoms with Gasteiger partial charge in [-0.2, -0.15) is 4.98 Å². The smallest absolute Gasteiger partial charge is 0.309 e. The Kier molecular flexibility index (Phi) is 3.87. The number of carbonyl (C=O) groups is 1. The van der Waals surface area contributed by atoms with Gasteiger partial charge in [-0.3, -0.25) is 4.79 Å². The predicted molar refractivity (Wildman–Crippen MR) is 70.4 cm³/mol. The number of anilines is 1. The molecule has 0 aliphatic carbocycles. The third-order valence-corrected chi connectivity index (χ3v) is 3.58. The Morgan fingerprint density at radius 3 is 2.79 bits per heavy atom. The molecule has 0 unspecified atom stereocenters. The summed E-state index contributed by atoms with van der Waals surface area (Å²) in [5.41, 5.74) is -0.631. The topological polar surface area (TPSA) is 75.5 Å². The molecule has 0 radical (unpaired) electrons. The molecular formula is C13H19N3O3. The first-order valence-corrected chi connectivity index (χ1v) is 6.49. The third kappa shape index (κ3) is 2.94. The molecule has 0 saturated carbocycles. The highest BCUT2D eigenvalue weighted by Crippen LogP contribution is 2.32. The fourth-order valence-electron chi connectivity index (χ4n) is 2.13. The van der Waals surface area contributed by atoms with E-state index in [1.165, 1.54) is 0 Å². The number of hydrogen-bond acceptors (Lipinski definition) is 5. The summed E-state index contributed by atoms with van der Waals surface area (Å²) in [6, 6.07) is 1.72. The minimum absolute atomic E-state index is 0.555. The first-order valence-electron chi connectivity index (χ1n) is 6.49. The number of aliphatic carboxylic acids is 1. The van der Waals surface area contributed by atoms with E-state index in [2.05, 4.69) is 9.97 Å². The number of aromatic nitrogens is 2. The van der Waals surface area contributed by atoms with Crippen molar-refractivity contribution in [2.24, 2.45) is 5.41 Å². The van der Waals surface area contributed by atoms with E-state index in [1.54, 1.807) is 19.2 Å².